The fourth-order valence-corrected chi connectivity index (χ4v) is 2.35. The van der Waals surface area contributed by atoms with Gasteiger partial charge in [-0.25, -0.2) is 18.7 Å². The minimum Gasteiger partial charge on any atom is -0.394 e. The Morgan fingerprint density at radius 3 is 2.52 bits per heavy atom. The van der Waals surface area contributed by atoms with Gasteiger partial charge in [-0.2, -0.15) is 0 Å². The summed E-state index contributed by atoms with van der Waals surface area (Å²) in [5.74, 6) is -4.27. The number of rotatable bonds is 7. The van der Waals surface area contributed by atoms with E-state index < -0.39 is 48.4 Å². The Bertz CT molecular complexity index is 808. The number of hydrogen-bond acceptors (Lipinski definition) is 5. The first-order chi connectivity index (χ1) is 12.3. The van der Waals surface area contributed by atoms with Gasteiger partial charge in [0, 0.05) is 3.57 Å². The van der Waals surface area contributed by atoms with Crippen molar-refractivity contribution in [2.24, 2.45) is 0 Å². The van der Waals surface area contributed by atoms with Crippen LogP contribution in [0.3, 0.4) is 0 Å². The summed E-state index contributed by atoms with van der Waals surface area (Å²) in [6, 6.07) is 5.77. The molecule has 0 heterocycles. The van der Waals surface area contributed by atoms with E-state index in [1.54, 1.807) is 6.07 Å². The van der Waals surface area contributed by atoms with Crippen LogP contribution >= 0.6 is 22.6 Å². The lowest BCUT2D eigenvalue weighted by Crippen LogP contribution is -2.30. The lowest BCUT2D eigenvalue weighted by atomic mass is 10.1. The molecule has 6 nitrogen and oxygen atoms in total. The third-order valence-corrected chi connectivity index (χ3v) is 3.85. The van der Waals surface area contributed by atoms with E-state index in [0.29, 0.717) is 3.57 Å². The topological polar surface area (TPSA) is 90.8 Å². The highest BCUT2D eigenvalue weighted by Gasteiger charge is 2.20. The summed E-state index contributed by atoms with van der Waals surface area (Å²) < 4.78 is 42.3. The molecule has 0 aliphatic heterocycles. The fraction of sp³-hybridized carbons (Fsp3) is 0.235. The molecule has 0 radical (unpaired) electrons. The summed E-state index contributed by atoms with van der Waals surface area (Å²) in [6.07, 6.45) is -1.22. The standard InChI is InChI=1S/C16H14F3IN2O4.CH4/c17-11-3-2-10(16(25)22-26-7-9(24)6-23)15(14(11)19)21-13-4-1-8(20)5-12(13)18;/h1-5,9,21,23-24H,6-7H2,(H,22,25);1H4/t9-;/m1./s1. The Kier molecular flexibility index (Phi) is 8.96. The van der Waals surface area contributed by atoms with Crippen LogP contribution in [0.4, 0.5) is 24.5 Å². The number of carbonyl (C=O) groups excluding carboxylic acids is 1. The largest absolute Gasteiger partial charge is 0.394 e. The average molecular weight is 498 g/mol. The third kappa shape index (κ3) is 6.06. The maximum Gasteiger partial charge on any atom is 0.277 e. The van der Waals surface area contributed by atoms with Gasteiger partial charge in [0.15, 0.2) is 11.6 Å². The SMILES string of the molecule is C.O=C(NOC[C@H](O)CO)c1ccc(F)c(F)c1Nc1ccc(I)cc1F. The Balaban J connectivity index is 0.00000364. The Morgan fingerprint density at radius 1 is 1.19 bits per heavy atom. The van der Waals surface area contributed by atoms with Crippen molar-refractivity contribution in [3.05, 3.63) is 56.9 Å². The van der Waals surface area contributed by atoms with Crippen molar-refractivity contribution in [1.82, 2.24) is 5.48 Å². The van der Waals surface area contributed by atoms with E-state index in [1.807, 2.05) is 28.1 Å². The van der Waals surface area contributed by atoms with Crippen molar-refractivity contribution >= 4 is 39.9 Å². The smallest absolute Gasteiger partial charge is 0.277 e. The highest BCUT2D eigenvalue weighted by molar-refractivity contribution is 14.1. The Morgan fingerprint density at radius 2 is 1.89 bits per heavy atom. The van der Waals surface area contributed by atoms with Crippen molar-refractivity contribution < 1.29 is 33.0 Å². The second-order valence-electron chi connectivity index (χ2n) is 5.11. The number of nitrogens with one attached hydrogen (secondary N) is 2. The van der Waals surface area contributed by atoms with Gasteiger partial charge in [-0.15, -0.1) is 0 Å². The average Bonchev–Trinajstić information content (AvgIpc) is 2.60. The second kappa shape index (κ2) is 10.4. The van der Waals surface area contributed by atoms with Gasteiger partial charge in [0.2, 0.25) is 0 Å². The highest BCUT2D eigenvalue weighted by Crippen LogP contribution is 2.28. The number of aliphatic hydroxyl groups excluding tert-OH is 2. The number of aliphatic hydroxyl groups is 2. The van der Waals surface area contributed by atoms with E-state index in [4.69, 9.17) is 10.2 Å². The summed E-state index contributed by atoms with van der Waals surface area (Å²) >= 11 is 1.89. The zero-order chi connectivity index (χ0) is 19.3. The lowest BCUT2D eigenvalue weighted by Gasteiger charge is -2.15. The van der Waals surface area contributed by atoms with E-state index in [9.17, 15) is 18.0 Å². The molecule has 0 saturated carbocycles. The summed E-state index contributed by atoms with van der Waals surface area (Å²) in [5, 5.41) is 20.2. The van der Waals surface area contributed by atoms with Gasteiger partial charge in [0.1, 0.15) is 18.5 Å². The van der Waals surface area contributed by atoms with Crippen molar-refractivity contribution in [3.63, 3.8) is 0 Å². The van der Waals surface area contributed by atoms with Gasteiger partial charge < -0.3 is 15.5 Å². The molecule has 2 rings (SSSR count). The first-order valence-electron chi connectivity index (χ1n) is 7.24. The molecule has 2 aromatic rings. The molecule has 0 aliphatic rings. The predicted octanol–water partition coefficient (Wildman–Crippen LogP) is 3.10. The van der Waals surface area contributed by atoms with Crippen LogP contribution in [0, 0.1) is 21.0 Å². The second-order valence-corrected chi connectivity index (χ2v) is 6.36. The van der Waals surface area contributed by atoms with Crippen LogP contribution in [0.1, 0.15) is 17.8 Å². The molecule has 0 aromatic heterocycles. The van der Waals surface area contributed by atoms with Crippen LogP contribution in [0.5, 0.6) is 0 Å². The molecule has 0 saturated heterocycles. The van der Waals surface area contributed by atoms with E-state index in [1.165, 1.54) is 12.1 Å². The van der Waals surface area contributed by atoms with Gasteiger partial charge in [0.25, 0.3) is 5.91 Å². The van der Waals surface area contributed by atoms with E-state index in [2.05, 4.69) is 10.2 Å². The minimum absolute atomic E-state index is 0. The zero-order valence-corrected chi connectivity index (χ0v) is 15.3. The maximum absolute atomic E-state index is 14.2. The molecule has 10 heteroatoms. The quantitative estimate of drug-likeness (QED) is 0.348. The molecule has 2 aromatic carbocycles. The van der Waals surface area contributed by atoms with Gasteiger partial charge >= 0.3 is 0 Å². The molecule has 0 aliphatic carbocycles. The van der Waals surface area contributed by atoms with Crippen molar-refractivity contribution in [3.8, 4) is 0 Å². The summed E-state index contributed by atoms with van der Waals surface area (Å²) in [5.41, 5.74) is 0.852. The molecular formula is C17H18F3IN2O4. The lowest BCUT2D eigenvalue weighted by molar-refractivity contribution is -0.0295. The van der Waals surface area contributed by atoms with Crippen LogP contribution in [-0.4, -0.2) is 35.4 Å². The minimum atomic E-state index is -1.37. The molecule has 27 heavy (non-hydrogen) atoms. The van der Waals surface area contributed by atoms with Gasteiger partial charge in [-0.1, -0.05) is 7.43 Å². The number of benzene rings is 2. The predicted molar refractivity (Wildman–Crippen MR) is 102 cm³/mol. The normalized spacial score (nSPS) is 11.5. The summed E-state index contributed by atoms with van der Waals surface area (Å²) in [4.78, 5) is 16.8. The Labute approximate surface area is 167 Å². The molecular weight excluding hydrogens is 480 g/mol. The number of carbonyl (C=O) groups is 1. The number of amides is 1. The number of hydroxylamine groups is 1. The van der Waals surface area contributed by atoms with Crippen LogP contribution in [0.2, 0.25) is 0 Å². The van der Waals surface area contributed by atoms with Gasteiger partial charge in [-0.05, 0) is 52.9 Å². The summed E-state index contributed by atoms with van der Waals surface area (Å²) in [6.45, 7) is -1.000. The van der Waals surface area contributed by atoms with E-state index in [0.717, 1.165) is 12.1 Å². The number of halogens is 4. The molecule has 0 fully saturated rings. The van der Waals surface area contributed by atoms with E-state index in [-0.39, 0.29) is 18.7 Å². The molecule has 4 N–H and O–H groups in total. The van der Waals surface area contributed by atoms with Gasteiger partial charge in [-0.3, -0.25) is 9.63 Å². The first-order valence-corrected chi connectivity index (χ1v) is 8.32. The molecule has 0 unspecified atom stereocenters. The van der Waals surface area contributed by atoms with E-state index >= 15 is 0 Å². The Hall–Kier alpha value is -1.89. The molecule has 1 atom stereocenters. The fourth-order valence-electron chi connectivity index (χ4n) is 1.90. The van der Waals surface area contributed by atoms with Crippen LogP contribution in [-0.2, 0) is 4.84 Å². The summed E-state index contributed by atoms with van der Waals surface area (Å²) in [7, 11) is 0. The monoisotopic (exact) mass is 498 g/mol. The first kappa shape index (κ1) is 23.1. The third-order valence-electron chi connectivity index (χ3n) is 3.18. The van der Waals surface area contributed by atoms with Crippen LogP contribution in [0.25, 0.3) is 0 Å². The highest BCUT2D eigenvalue weighted by atomic mass is 127. The molecule has 0 spiro atoms. The van der Waals surface area contributed by atoms with Gasteiger partial charge in [0.05, 0.1) is 23.5 Å². The molecule has 0 bridgehead atoms. The van der Waals surface area contributed by atoms with Crippen LogP contribution in [0.15, 0.2) is 30.3 Å². The van der Waals surface area contributed by atoms with Crippen molar-refractivity contribution in [1.29, 1.82) is 0 Å². The number of hydrogen-bond donors (Lipinski definition) is 4. The zero-order valence-electron chi connectivity index (χ0n) is 13.1. The molecule has 1 amide bonds. The maximum atomic E-state index is 14.2. The molecule has 148 valence electrons. The van der Waals surface area contributed by atoms with Crippen LogP contribution < -0.4 is 10.8 Å². The number of anilines is 2. The van der Waals surface area contributed by atoms with Crippen molar-refractivity contribution in [2.75, 3.05) is 18.5 Å². The van der Waals surface area contributed by atoms with Crippen molar-refractivity contribution in [2.45, 2.75) is 13.5 Å².